The van der Waals surface area contributed by atoms with Gasteiger partial charge in [-0.2, -0.15) is 5.10 Å². The van der Waals surface area contributed by atoms with Gasteiger partial charge in [0.15, 0.2) is 0 Å². The largest absolute Gasteiger partial charge is 0.465 e. The molecule has 0 radical (unpaired) electrons. The number of nitrogens with zero attached hydrogens (tertiary/aromatic N) is 2. The number of carbonyl (C=O) groups is 1. The molecule has 0 fully saturated rings. The Balaban J connectivity index is 0.000000982. The maximum Gasteiger partial charge on any atom is 0.327 e. The van der Waals surface area contributed by atoms with E-state index in [0.29, 0.717) is 17.3 Å². The van der Waals surface area contributed by atoms with Crippen molar-refractivity contribution in [2.75, 3.05) is 6.61 Å². The van der Waals surface area contributed by atoms with E-state index < -0.39 is 0 Å². The number of esters is 1. The lowest BCUT2D eigenvalue weighted by Gasteiger charge is -2.03. The van der Waals surface area contributed by atoms with Crippen LogP contribution < -0.4 is 0 Å². The molecule has 0 atom stereocenters. The van der Waals surface area contributed by atoms with E-state index in [2.05, 4.69) is 11.7 Å². The van der Waals surface area contributed by atoms with E-state index in [1.54, 1.807) is 23.8 Å². The molecule has 4 nitrogen and oxygen atoms in total. The molecule has 19 heavy (non-hydrogen) atoms. The molecule has 1 rings (SSSR count). The van der Waals surface area contributed by atoms with Crippen LogP contribution in [-0.4, -0.2) is 22.4 Å². The lowest BCUT2D eigenvalue weighted by Crippen LogP contribution is -2.15. The Morgan fingerprint density at radius 1 is 1.53 bits per heavy atom. The van der Waals surface area contributed by atoms with Crippen molar-refractivity contribution in [1.29, 1.82) is 0 Å². The number of hydrogen-bond acceptors (Lipinski definition) is 3. The Labute approximate surface area is 119 Å². The SMILES string of the molecule is C/C=C/c1nn(CC(=O)OCC)c(C)c1Cl.C=CC. The van der Waals surface area contributed by atoms with Crippen molar-refractivity contribution in [3.05, 3.63) is 35.1 Å². The third-order valence-corrected chi connectivity index (χ3v) is 2.53. The van der Waals surface area contributed by atoms with E-state index in [0.717, 1.165) is 5.69 Å². The number of ether oxygens (including phenoxy) is 1. The van der Waals surface area contributed by atoms with Crippen LogP contribution in [0.1, 0.15) is 32.2 Å². The minimum atomic E-state index is -0.309. The molecule has 5 heteroatoms. The molecule has 0 amide bonds. The number of halogens is 1. The highest BCUT2D eigenvalue weighted by Gasteiger charge is 2.13. The van der Waals surface area contributed by atoms with E-state index in [-0.39, 0.29) is 12.5 Å². The first-order chi connectivity index (χ1) is 9.01. The van der Waals surface area contributed by atoms with Crippen molar-refractivity contribution in [2.24, 2.45) is 0 Å². The Morgan fingerprint density at radius 2 is 2.11 bits per heavy atom. The van der Waals surface area contributed by atoms with E-state index in [1.165, 1.54) is 0 Å². The standard InChI is InChI=1S/C11H15ClN2O2.C3H6/c1-4-6-9-11(12)8(3)14(13-9)7-10(15)16-5-2;1-3-2/h4,6H,5,7H2,1-3H3;3H,1H2,2H3/b6-4+;. The number of aromatic nitrogens is 2. The minimum Gasteiger partial charge on any atom is -0.465 e. The lowest BCUT2D eigenvalue weighted by molar-refractivity contribution is -0.144. The maximum absolute atomic E-state index is 11.3. The number of rotatable bonds is 4. The molecule has 0 saturated carbocycles. The fourth-order valence-corrected chi connectivity index (χ4v) is 1.49. The summed E-state index contributed by atoms with van der Waals surface area (Å²) < 4.78 is 6.40. The predicted molar refractivity (Wildman–Crippen MR) is 79.2 cm³/mol. The summed E-state index contributed by atoms with van der Waals surface area (Å²) in [5.74, 6) is -0.309. The van der Waals surface area contributed by atoms with Gasteiger partial charge in [0.2, 0.25) is 0 Å². The van der Waals surface area contributed by atoms with Crippen molar-refractivity contribution in [3.63, 3.8) is 0 Å². The molecule has 1 aromatic heterocycles. The quantitative estimate of drug-likeness (QED) is 0.626. The zero-order valence-corrected chi connectivity index (χ0v) is 12.7. The molecular formula is C14H21ClN2O2. The number of carbonyl (C=O) groups excluding carboxylic acids is 1. The van der Waals surface area contributed by atoms with Gasteiger partial charge < -0.3 is 4.74 Å². The van der Waals surface area contributed by atoms with E-state index >= 15 is 0 Å². The summed E-state index contributed by atoms with van der Waals surface area (Å²) in [6.45, 7) is 11.2. The van der Waals surface area contributed by atoms with Gasteiger partial charge >= 0.3 is 5.97 Å². The van der Waals surface area contributed by atoms with Crippen molar-refractivity contribution in [2.45, 2.75) is 34.2 Å². The highest BCUT2D eigenvalue weighted by atomic mass is 35.5. The van der Waals surface area contributed by atoms with Crippen LogP contribution in [0.15, 0.2) is 18.7 Å². The second-order valence-electron chi connectivity index (χ2n) is 3.66. The lowest BCUT2D eigenvalue weighted by atomic mass is 10.3. The van der Waals surface area contributed by atoms with Gasteiger partial charge in [0.1, 0.15) is 12.2 Å². The van der Waals surface area contributed by atoms with Crippen LogP contribution >= 0.6 is 11.6 Å². The third kappa shape index (κ3) is 5.75. The maximum atomic E-state index is 11.3. The fourth-order valence-electron chi connectivity index (χ4n) is 1.29. The first-order valence-corrected chi connectivity index (χ1v) is 6.47. The second-order valence-corrected chi connectivity index (χ2v) is 4.03. The molecule has 106 valence electrons. The predicted octanol–water partition coefficient (Wildman–Crippen LogP) is 3.63. The van der Waals surface area contributed by atoms with E-state index in [9.17, 15) is 4.79 Å². The molecule has 0 aromatic carbocycles. The summed E-state index contributed by atoms with van der Waals surface area (Å²) in [6, 6.07) is 0. The van der Waals surface area contributed by atoms with Crippen molar-refractivity contribution >= 4 is 23.6 Å². The number of allylic oxidation sites excluding steroid dienone is 2. The van der Waals surface area contributed by atoms with Gasteiger partial charge in [0.25, 0.3) is 0 Å². The first-order valence-electron chi connectivity index (χ1n) is 6.09. The molecular weight excluding hydrogens is 264 g/mol. The molecule has 0 aliphatic carbocycles. The molecule has 0 aliphatic rings. The Morgan fingerprint density at radius 3 is 2.58 bits per heavy atom. The average molecular weight is 285 g/mol. The van der Waals surface area contributed by atoms with Crippen molar-refractivity contribution in [3.8, 4) is 0 Å². The molecule has 1 aromatic rings. The Hall–Kier alpha value is -1.55. The van der Waals surface area contributed by atoms with Crippen molar-refractivity contribution < 1.29 is 9.53 Å². The molecule has 0 spiro atoms. The molecule has 0 bridgehead atoms. The zero-order valence-electron chi connectivity index (χ0n) is 11.9. The molecule has 1 heterocycles. The van der Waals surface area contributed by atoms with Crippen molar-refractivity contribution in [1.82, 2.24) is 9.78 Å². The summed E-state index contributed by atoms with van der Waals surface area (Å²) in [4.78, 5) is 11.3. The van der Waals surface area contributed by atoms with Gasteiger partial charge in [-0.25, -0.2) is 0 Å². The monoisotopic (exact) mass is 284 g/mol. The Kier molecular flexibility index (Phi) is 8.62. The van der Waals surface area contributed by atoms with Crippen LogP contribution in [-0.2, 0) is 16.1 Å². The summed E-state index contributed by atoms with van der Waals surface area (Å²) in [5.41, 5.74) is 1.44. The van der Waals surface area contributed by atoms with Gasteiger partial charge in [-0.3, -0.25) is 9.48 Å². The topological polar surface area (TPSA) is 44.1 Å². The molecule has 0 N–H and O–H groups in total. The highest BCUT2D eigenvalue weighted by Crippen LogP contribution is 2.21. The van der Waals surface area contributed by atoms with Crippen LogP contribution in [0, 0.1) is 6.92 Å². The Bertz CT molecular complexity index is 451. The van der Waals surface area contributed by atoms with Crippen LogP contribution in [0.2, 0.25) is 5.02 Å². The van der Waals surface area contributed by atoms with E-state index in [4.69, 9.17) is 16.3 Å². The number of hydrogen-bond donors (Lipinski definition) is 0. The van der Waals surface area contributed by atoms with Gasteiger partial charge in [0.05, 0.1) is 17.3 Å². The smallest absolute Gasteiger partial charge is 0.327 e. The summed E-state index contributed by atoms with van der Waals surface area (Å²) >= 11 is 6.07. The first kappa shape index (κ1) is 17.4. The summed E-state index contributed by atoms with van der Waals surface area (Å²) in [6.07, 6.45) is 5.40. The normalized spacial score (nSPS) is 9.95. The molecule has 0 unspecified atom stereocenters. The second kappa shape index (κ2) is 9.39. The molecule has 0 saturated heterocycles. The summed E-state index contributed by atoms with van der Waals surface area (Å²) in [7, 11) is 0. The average Bonchev–Trinajstić information content (AvgIpc) is 2.60. The van der Waals surface area contributed by atoms with Gasteiger partial charge in [-0.15, -0.1) is 6.58 Å². The molecule has 0 aliphatic heterocycles. The zero-order chi connectivity index (χ0) is 14.8. The van der Waals surface area contributed by atoms with E-state index in [1.807, 2.05) is 26.8 Å². The van der Waals surface area contributed by atoms with Gasteiger partial charge in [-0.1, -0.05) is 23.8 Å². The van der Waals surface area contributed by atoms with Gasteiger partial charge in [0, 0.05) is 0 Å². The van der Waals surface area contributed by atoms with Crippen LogP contribution in [0.4, 0.5) is 0 Å². The van der Waals surface area contributed by atoms with Crippen LogP contribution in [0.5, 0.6) is 0 Å². The van der Waals surface area contributed by atoms with Gasteiger partial charge in [-0.05, 0) is 33.8 Å². The van der Waals surface area contributed by atoms with Crippen LogP contribution in [0.3, 0.4) is 0 Å². The van der Waals surface area contributed by atoms with Crippen LogP contribution in [0.25, 0.3) is 6.08 Å². The minimum absolute atomic E-state index is 0.0942. The summed E-state index contributed by atoms with van der Waals surface area (Å²) in [5, 5.41) is 4.79. The fraction of sp³-hybridized carbons (Fsp3) is 0.429. The highest BCUT2D eigenvalue weighted by molar-refractivity contribution is 6.32. The third-order valence-electron chi connectivity index (χ3n) is 2.07.